The number of nitrogens with one attached hydrogen (secondary N) is 1. The van der Waals surface area contributed by atoms with E-state index >= 15 is 0 Å². The SMILES string of the molecule is CC1(O)C=CC=C(C2(C3=CC=CC(C)(O)C3)C(=O)Nc3ccccc32)C1. The summed E-state index contributed by atoms with van der Waals surface area (Å²) in [6.07, 6.45) is 11.7. The fraction of sp³-hybridized carbons (Fsp3) is 0.318. The van der Waals surface area contributed by atoms with Gasteiger partial charge in [-0.25, -0.2) is 0 Å². The average molecular weight is 349 g/mol. The second kappa shape index (κ2) is 5.53. The largest absolute Gasteiger partial charge is 0.386 e. The summed E-state index contributed by atoms with van der Waals surface area (Å²) < 4.78 is 0. The number of benzene rings is 1. The molecule has 0 aromatic heterocycles. The Morgan fingerprint density at radius 1 is 0.923 bits per heavy atom. The minimum Gasteiger partial charge on any atom is -0.386 e. The number of rotatable bonds is 2. The number of amides is 1. The summed E-state index contributed by atoms with van der Waals surface area (Å²) in [5.41, 5.74) is 0.294. The quantitative estimate of drug-likeness (QED) is 0.768. The Hall–Kier alpha value is -2.43. The molecule has 0 bridgehead atoms. The normalized spacial score (nSPS) is 35.6. The third-order valence-corrected chi connectivity index (χ3v) is 5.49. The van der Waals surface area contributed by atoms with Gasteiger partial charge in [-0.1, -0.05) is 54.7 Å². The number of allylic oxidation sites excluding steroid dienone is 4. The standard InChI is InChI=1S/C22H23NO3/c1-20(25)11-5-7-15(13-20)22(16-8-6-12-21(2,26)14-16)17-9-3-4-10-18(17)23-19(22)24/h3-12,25-26H,13-14H2,1-2H3,(H,23,24). The van der Waals surface area contributed by atoms with Crippen molar-refractivity contribution >= 4 is 11.6 Å². The van der Waals surface area contributed by atoms with Crippen LogP contribution in [0.1, 0.15) is 32.3 Å². The molecule has 0 fully saturated rings. The zero-order valence-electron chi connectivity index (χ0n) is 15.0. The van der Waals surface area contributed by atoms with Crippen molar-refractivity contribution in [3.05, 3.63) is 77.4 Å². The minimum absolute atomic E-state index is 0.131. The number of carbonyl (C=O) groups is 1. The molecule has 1 aliphatic heterocycles. The van der Waals surface area contributed by atoms with E-state index in [0.717, 1.165) is 22.4 Å². The van der Waals surface area contributed by atoms with Crippen LogP contribution in [0.25, 0.3) is 0 Å². The maximum absolute atomic E-state index is 13.4. The van der Waals surface area contributed by atoms with E-state index in [4.69, 9.17) is 0 Å². The third-order valence-electron chi connectivity index (χ3n) is 5.49. The van der Waals surface area contributed by atoms with Gasteiger partial charge in [0.05, 0.1) is 11.2 Å². The first-order chi connectivity index (χ1) is 12.2. The Morgan fingerprint density at radius 2 is 1.46 bits per heavy atom. The van der Waals surface area contributed by atoms with Crippen LogP contribution >= 0.6 is 0 Å². The van der Waals surface area contributed by atoms with Gasteiger partial charge in [0.15, 0.2) is 0 Å². The van der Waals surface area contributed by atoms with Crippen LogP contribution < -0.4 is 5.32 Å². The van der Waals surface area contributed by atoms with Crippen molar-refractivity contribution in [2.75, 3.05) is 5.32 Å². The molecule has 26 heavy (non-hydrogen) atoms. The number of fused-ring (bicyclic) bond motifs is 1. The van der Waals surface area contributed by atoms with Crippen molar-refractivity contribution in [1.29, 1.82) is 0 Å². The molecular weight excluding hydrogens is 326 g/mol. The molecule has 0 saturated heterocycles. The van der Waals surface area contributed by atoms with Crippen LogP contribution in [0.5, 0.6) is 0 Å². The van der Waals surface area contributed by atoms with Gasteiger partial charge < -0.3 is 15.5 Å². The first kappa shape index (κ1) is 17.0. The monoisotopic (exact) mass is 349 g/mol. The van der Waals surface area contributed by atoms with E-state index in [0.29, 0.717) is 12.8 Å². The second-order valence-electron chi connectivity index (χ2n) is 7.92. The van der Waals surface area contributed by atoms with Crippen LogP contribution in [-0.2, 0) is 10.2 Å². The van der Waals surface area contributed by atoms with Crippen LogP contribution in [0.2, 0.25) is 0 Å². The van der Waals surface area contributed by atoms with Crippen LogP contribution in [-0.4, -0.2) is 27.3 Å². The van der Waals surface area contributed by atoms with Crippen molar-refractivity contribution in [1.82, 2.24) is 0 Å². The molecule has 2 aliphatic carbocycles. The fourth-order valence-corrected chi connectivity index (χ4v) is 4.37. The Balaban J connectivity index is 1.97. The van der Waals surface area contributed by atoms with Gasteiger partial charge in [0.2, 0.25) is 5.91 Å². The highest BCUT2D eigenvalue weighted by atomic mass is 16.3. The average Bonchev–Trinajstić information content (AvgIpc) is 2.85. The van der Waals surface area contributed by atoms with E-state index in [1.807, 2.05) is 48.6 Å². The molecular formula is C22H23NO3. The molecule has 0 saturated carbocycles. The molecule has 2 atom stereocenters. The molecule has 0 radical (unpaired) electrons. The van der Waals surface area contributed by atoms with Gasteiger partial charge >= 0.3 is 0 Å². The lowest BCUT2D eigenvalue weighted by molar-refractivity contribution is -0.118. The lowest BCUT2D eigenvalue weighted by atomic mass is 9.63. The van der Waals surface area contributed by atoms with Gasteiger partial charge in [-0.15, -0.1) is 0 Å². The lowest BCUT2D eigenvalue weighted by Crippen LogP contribution is -2.44. The van der Waals surface area contributed by atoms with Crippen molar-refractivity contribution < 1.29 is 15.0 Å². The van der Waals surface area contributed by atoms with E-state index in [9.17, 15) is 15.0 Å². The fourth-order valence-electron chi connectivity index (χ4n) is 4.37. The van der Waals surface area contributed by atoms with Crippen LogP contribution in [0.15, 0.2) is 71.9 Å². The zero-order chi connectivity index (χ0) is 18.6. The van der Waals surface area contributed by atoms with Crippen LogP contribution in [0, 0.1) is 0 Å². The summed E-state index contributed by atoms with van der Waals surface area (Å²) >= 11 is 0. The van der Waals surface area contributed by atoms with Crippen molar-refractivity contribution in [2.24, 2.45) is 0 Å². The molecule has 4 heteroatoms. The molecule has 3 aliphatic rings. The smallest absolute Gasteiger partial charge is 0.243 e. The number of hydrogen-bond acceptors (Lipinski definition) is 3. The summed E-state index contributed by atoms with van der Waals surface area (Å²) in [4.78, 5) is 13.4. The van der Waals surface area contributed by atoms with Gasteiger partial charge in [-0.3, -0.25) is 4.79 Å². The Morgan fingerprint density at radius 3 is 2.00 bits per heavy atom. The van der Waals surface area contributed by atoms with Gasteiger partial charge in [0.25, 0.3) is 0 Å². The summed E-state index contributed by atoms with van der Waals surface area (Å²) in [5.74, 6) is -0.131. The van der Waals surface area contributed by atoms with Crippen LogP contribution in [0.3, 0.4) is 0 Å². The number of para-hydroxylation sites is 1. The van der Waals surface area contributed by atoms with Gasteiger partial charge in [-0.05, 0) is 36.6 Å². The summed E-state index contributed by atoms with van der Waals surface area (Å²) in [5, 5.41) is 24.2. The van der Waals surface area contributed by atoms with Gasteiger partial charge in [0, 0.05) is 18.5 Å². The molecule has 134 valence electrons. The first-order valence-corrected chi connectivity index (χ1v) is 8.88. The lowest BCUT2D eigenvalue weighted by Gasteiger charge is -2.40. The van der Waals surface area contributed by atoms with E-state index in [-0.39, 0.29) is 5.91 Å². The van der Waals surface area contributed by atoms with Gasteiger partial charge in [-0.2, -0.15) is 0 Å². The maximum atomic E-state index is 13.4. The number of carbonyl (C=O) groups excluding carboxylic acids is 1. The number of anilines is 1. The predicted octanol–water partition coefficient (Wildman–Crippen LogP) is 3.15. The Labute approximate surface area is 153 Å². The molecule has 1 amide bonds. The molecule has 4 rings (SSSR count). The Bertz CT molecular complexity index is 858. The van der Waals surface area contributed by atoms with Crippen molar-refractivity contribution in [2.45, 2.75) is 43.3 Å². The highest BCUT2D eigenvalue weighted by Gasteiger charge is 2.54. The number of aliphatic hydroxyl groups is 2. The first-order valence-electron chi connectivity index (χ1n) is 8.88. The molecule has 1 heterocycles. The minimum atomic E-state index is -1.01. The van der Waals surface area contributed by atoms with E-state index in [2.05, 4.69) is 5.32 Å². The molecule has 0 spiro atoms. The summed E-state index contributed by atoms with van der Waals surface area (Å²) in [7, 11) is 0. The molecule has 1 aromatic rings. The second-order valence-corrected chi connectivity index (χ2v) is 7.92. The third kappa shape index (κ3) is 2.49. The molecule has 3 N–H and O–H groups in total. The van der Waals surface area contributed by atoms with E-state index in [1.165, 1.54) is 0 Å². The zero-order valence-corrected chi connectivity index (χ0v) is 15.0. The summed E-state index contributed by atoms with van der Waals surface area (Å²) in [6.45, 7) is 3.49. The van der Waals surface area contributed by atoms with Gasteiger partial charge in [0.1, 0.15) is 5.41 Å². The van der Waals surface area contributed by atoms with Crippen molar-refractivity contribution in [3.63, 3.8) is 0 Å². The van der Waals surface area contributed by atoms with E-state index in [1.54, 1.807) is 26.0 Å². The molecule has 1 aromatic carbocycles. The molecule has 4 nitrogen and oxygen atoms in total. The molecule has 2 unspecified atom stereocenters. The summed E-state index contributed by atoms with van der Waals surface area (Å²) in [6, 6.07) is 7.66. The predicted molar refractivity (Wildman–Crippen MR) is 102 cm³/mol. The van der Waals surface area contributed by atoms with Crippen molar-refractivity contribution in [3.8, 4) is 0 Å². The van der Waals surface area contributed by atoms with E-state index < -0.39 is 16.6 Å². The Kier molecular flexibility index (Phi) is 3.62. The number of hydrogen-bond donors (Lipinski definition) is 3. The van der Waals surface area contributed by atoms with Crippen LogP contribution in [0.4, 0.5) is 5.69 Å². The topological polar surface area (TPSA) is 69.6 Å². The maximum Gasteiger partial charge on any atom is 0.243 e. The highest BCUT2D eigenvalue weighted by Crippen LogP contribution is 2.53. The highest BCUT2D eigenvalue weighted by molar-refractivity contribution is 6.11.